The molecule has 0 spiro atoms. The van der Waals surface area contributed by atoms with Gasteiger partial charge in [0, 0.05) is 32.7 Å². The lowest BCUT2D eigenvalue weighted by atomic mass is 10.1. The highest BCUT2D eigenvalue weighted by atomic mass is 19.1. The van der Waals surface area contributed by atoms with Crippen LogP contribution >= 0.6 is 0 Å². The van der Waals surface area contributed by atoms with Gasteiger partial charge >= 0.3 is 0 Å². The molecule has 118 valence electrons. The lowest BCUT2D eigenvalue weighted by Gasteiger charge is -2.34. The topological polar surface area (TPSA) is 18.5 Å². The Bertz CT molecular complexity index is 446. The van der Waals surface area contributed by atoms with Crippen molar-refractivity contribution in [2.75, 3.05) is 44.7 Å². The fourth-order valence-electron chi connectivity index (χ4n) is 2.56. The average Bonchev–Trinajstić information content (AvgIpc) is 2.40. The summed E-state index contributed by atoms with van der Waals surface area (Å²) in [6, 6.07) is 2.90. The molecule has 0 radical (unpaired) electrons. The van der Waals surface area contributed by atoms with Crippen molar-refractivity contribution in [2.45, 2.75) is 20.4 Å². The molecule has 2 rings (SSSR count). The summed E-state index contributed by atoms with van der Waals surface area (Å²) in [6.45, 7) is 8.52. The molecule has 1 N–H and O–H groups in total. The van der Waals surface area contributed by atoms with Crippen molar-refractivity contribution < 1.29 is 8.78 Å². The van der Waals surface area contributed by atoms with Gasteiger partial charge in [0.05, 0.1) is 0 Å². The molecule has 1 aromatic carbocycles. The Hall–Kier alpha value is -1.20. The standard InChI is InChI=1S/C16H25F2N3/c1-12(2)10-19-11-13-8-14(17)16(15(18)9-13)21-6-4-20(3)5-7-21/h8-9,12,19H,4-7,10-11H2,1-3H3. The van der Waals surface area contributed by atoms with Gasteiger partial charge in [0.25, 0.3) is 0 Å². The second kappa shape index (κ2) is 7.18. The van der Waals surface area contributed by atoms with Crippen molar-refractivity contribution in [1.29, 1.82) is 0 Å². The maximum atomic E-state index is 14.3. The molecule has 1 aliphatic heterocycles. The van der Waals surface area contributed by atoms with Crippen LogP contribution in [-0.4, -0.2) is 44.7 Å². The van der Waals surface area contributed by atoms with E-state index in [1.54, 1.807) is 4.90 Å². The number of piperazine rings is 1. The monoisotopic (exact) mass is 297 g/mol. The first-order valence-corrected chi connectivity index (χ1v) is 7.59. The van der Waals surface area contributed by atoms with Gasteiger partial charge in [-0.1, -0.05) is 13.8 Å². The van der Waals surface area contributed by atoms with Gasteiger partial charge in [0.2, 0.25) is 0 Å². The molecule has 0 atom stereocenters. The molecule has 1 heterocycles. The molecule has 0 amide bonds. The zero-order valence-electron chi connectivity index (χ0n) is 13.1. The quantitative estimate of drug-likeness (QED) is 0.901. The summed E-state index contributed by atoms with van der Waals surface area (Å²) in [5, 5.41) is 3.21. The number of nitrogens with one attached hydrogen (secondary N) is 1. The number of likely N-dealkylation sites (N-methyl/N-ethyl adjacent to an activating group) is 1. The minimum atomic E-state index is -0.457. The van der Waals surface area contributed by atoms with Gasteiger partial charge in [-0.15, -0.1) is 0 Å². The SMILES string of the molecule is CC(C)CNCc1cc(F)c(N2CCN(C)CC2)c(F)c1. The lowest BCUT2D eigenvalue weighted by Crippen LogP contribution is -2.45. The normalized spacial score (nSPS) is 16.8. The number of halogens is 2. The van der Waals surface area contributed by atoms with Crippen LogP contribution in [0.2, 0.25) is 0 Å². The minimum absolute atomic E-state index is 0.121. The van der Waals surface area contributed by atoms with Gasteiger partial charge in [-0.3, -0.25) is 0 Å². The van der Waals surface area contributed by atoms with E-state index in [4.69, 9.17) is 0 Å². The molecular formula is C16H25F2N3. The fourth-order valence-corrected chi connectivity index (χ4v) is 2.56. The maximum Gasteiger partial charge on any atom is 0.149 e. The van der Waals surface area contributed by atoms with Gasteiger partial charge in [0.15, 0.2) is 0 Å². The van der Waals surface area contributed by atoms with E-state index >= 15 is 0 Å². The van der Waals surface area contributed by atoms with Crippen molar-refractivity contribution >= 4 is 5.69 Å². The summed E-state index contributed by atoms with van der Waals surface area (Å²) in [6.07, 6.45) is 0. The Morgan fingerprint density at radius 1 is 1.10 bits per heavy atom. The summed E-state index contributed by atoms with van der Waals surface area (Å²) in [5.41, 5.74) is 0.777. The van der Waals surface area contributed by atoms with Crippen LogP contribution in [0.1, 0.15) is 19.4 Å². The van der Waals surface area contributed by atoms with Crippen molar-refractivity contribution in [3.63, 3.8) is 0 Å². The van der Waals surface area contributed by atoms with E-state index in [-0.39, 0.29) is 5.69 Å². The van der Waals surface area contributed by atoms with Crippen LogP contribution in [0, 0.1) is 17.6 Å². The first-order chi connectivity index (χ1) is 9.97. The van der Waals surface area contributed by atoms with Crippen LogP contribution in [-0.2, 0) is 6.54 Å². The van der Waals surface area contributed by atoms with Crippen LogP contribution in [0.5, 0.6) is 0 Å². The van der Waals surface area contributed by atoms with E-state index in [1.807, 2.05) is 7.05 Å². The third kappa shape index (κ3) is 4.38. The summed E-state index contributed by atoms with van der Waals surface area (Å²) in [4.78, 5) is 3.96. The maximum absolute atomic E-state index is 14.3. The molecule has 1 fully saturated rings. The zero-order valence-corrected chi connectivity index (χ0v) is 13.1. The Labute approximate surface area is 125 Å². The molecule has 1 saturated heterocycles. The highest BCUT2D eigenvalue weighted by Crippen LogP contribution is 2.26. The molecule has 21 heavy (non-hydrogen) atoms. The third-order valence-corrected chi connectivity index (χ3v) is 3.78. The summed E-state index contributed by atoms with van der Waals surface area (Å²) < 4.78 is 28.5. The third-order valence-electron chi connectivity index (χ3n) is 3.78. The highest BCUT2D eigenvalue weighted by Gasteiger charge is 2.21. The van der Waals surface area contributed by atoms with Crippen molar-refractivity contribution in [3.05, 3.63) is 29.3 Å². The Morgan fingerprint density at radius 3 is 2.19 bits per heavy atom. The predicted molar refractivity (Wildman–Crippen MR) is 82.6 cm³/mol. The molecule has 1 aliphatic rings. The fraction of sp³-hybridized carbons (Fsp3) is 0.625. The molecule has 0 aliphatic carbocycles. The molecule has 0 unspecified atom stereocenters. The Balaban J connectivity index is 2.06. The summed E-state index contributed by atoms with van der Waals surface area (Å²) >= 11 is 0. The first-order valence-electron chi connectivity index (χ1n) is 7.59. The van der Waals surface area contributed by atoms with Gasteiger partial charge < -0.3 is 15.1 Å². The predicted octanol–water partition coefficient (Wildman–Crippen LogP) is 2.46. The lowest BCUT2D eigenvalue weighted by molar-refractivity contribution is 0.310. The average molecular weight is 297 g/mol. The second-order valence-electron chi connectivity index (χ2n) is 6.22. The zero-order chi connectivity index (χ0) is 15.4. The number of hydrogen-bond donors (Lipinski definition) is 1. The van der Waals surface area contributed by atoms with E-state index in [1.165, 1.54) is 12.1 Å². The number of rotatable bonds is 5. The van der Waals surface area contributed by atoms with Gasteiger partial charge in [0.1, 0.15) is 17.3 Å². The van der Waals surface area contributed by atoms with E-state index in [0.717, 1.165) is 19.6 Å². The second-order valence-corrected chi connectivity index (χ2v) is 6.22. The molecule has 3 nitrogen and oxygen atoms in total. The number of nitrogens with zero attached hydrogens (tertiary/aromatic N) is 2. The van der Waals surface area contributed by atoms with E-state index in [9.17, 15) is 8.78 Å². The molecular weight excluding hydrogens is 272 g/mol. The highest BCUT2D eigenvalue weighted by molar-refractivity contribution is 5.51. The number of hydrogen-bond acceptors (Lipinski definition) is 3. The van der Waals surface area contributed by atoms with Crippen LogP contribution in [0.15, 0.2) is 12.1 Å². The van der Waals surface area contributed by atoms with E-state index in [0.29, 0.717) is 31.1 Å². The number of benzene rings is 1. The number of anilines is 1. The van der Waals surface area contributed by atoms with Crippen LogP contribution in [0.4, 0.5) is 14.5 Å². The van der Waals surface area contributed by atoms with Gasteiger partial charge in [-0.2, -0.15) is 0 Å². The molecule has 1 aromatic rings. The van der Waals surface area contributed by atoms with Gasteiger partial charge in [-0.05, 0) is 37.2 Å². The van der Waals surface area contributed by atoms with Crippen LogP contribution in [0.3, 0.4) is 0 Å². The molecule has 0 bridgehead atoms. The van der Waals surface area contributed by atoms with Crippen molar-refractivity contribution in [3.8, 4) is 0 Å². The van der Waals surface area contributed by atoms with Crippen LogP contribution in [0.25, 0.3) is 0 Å². The van der Waals surface area contributed by atoms with E-state index in [2.05, 4.69) is 24.1 Å². The smallest absolute Gasteiger partial charge is 0.149 e. The van der Waals surface area contributed by atoms with Crippen molar-refractivity contribution in [2.24, 2.45) is 5.92 Å². The van der Waals surface area contributed by atoms with Crippen molar-refractivity contribution in [1.82, 2.24) is 10.2 Å². The molecule has 0 aromatic heterocycles. The van der Waals surface area contributed by atoms with E-state index < -0.39 is 11.6 Å². The Kier molecular flexibility index (Phi) is 5.53. The van der Waals surface area contributed by atoms with Crippen LogP contribution < -0.4 is 10.2 Å². The first kappa shape index (κ1) is 16.2. The molecule has 5 heteroatoms. The largest absolute Gasteiger partial charge is 0.364 e. The van der Waals surface area contributed by atoms with Gasteiger partial charge in [-0.25, -0.2) is 8.78 Å². The minimum Gasteiger partial charge on any atom is -0.364 e. The Morgan fingerprint density at radius 2 is 1.67 bits per heavy atom. The summed E-state index contributed by atoms with van der Waals surface area (Å²) in [5.74, 6) is -0.397. The summed E-state index contributed by atoms with van der Waals surface area (Å²) in [7, 11) is 2.02. The molecule has 0 saturated carbocycles.